The molecule has 28 heavy (non-hydrogen) atoms. The molecule has 3 rings (SSSR count). The SMILES string of the molecule is Cc1cccc(C)c1OCCON=C1CCN(C(=O)Nc2ccccc2)CC1. The number of anilines is 1. The molecular weight excluding hydrogens is 354 g/mol. The number of amides is 2. The van der Waals surface area contributed by atoms with E-state index in [1.165, 1.54) is 0 Å². The summed E-state index contributed by atoms with van der Waals surface area (Å²) in [5, 5.41) is 7.13. The van der Waals surface area contributed by atoms with E-state index in [2.05, 4.69) is 10.5 Å². The Morgan fingerprint density at radius 1 is 1.00 bits per heavy atom. The van der Waals surface area contributed by atoms with Crippen molar-refractivity contribution in [1.29, 1.82) is 0 Å². The summed E-state index contributed by atoms with van der Waals surface area (Å²) in [6.45, 7) is 6.19. The van der Waals surface area contributed by atoms with E-state index in [0.29, 0.717) is 26.3 Å². The van der Waals surface area contributed by atoms with Gasteiger partial charge >= 0.3 is 6.03 Å². The van der Waals surface area contributed by atoms with Gasteiger partial charge in [0.25, 0.3) is 0 Å². The number of para-hydroxylation sites is 2. The molecular formula is C22H27N3O3. The maximum atomic E-state index is 12.3. The quantitative estimate of drug-likeness (QED) is 0.596. The minimum absolute atomic E-state index is 0.0758. The van der Waals surface area contributed by atoms with Crippen molar-refractivity contribution in [2.75, 3.05) is 31.6 Å². The van der Waals surface area contributed by atoms with Gasteiger partial charge in [-0.3, -0.25) is 0 Å². The molecule has 1 fully saturated rings. The van der Waals surface area contributed by atoms with E-state index in [1.807, 2.05) is 62.4 Å². The van der Waals surface area contributed by atoms with Gasteiger partial charge in [0.2, 0.25) is 0 Å². The Kier molecular flexibility index (Phi) is 6.89. The molecule has 1 heterocycles. The number of hydrogen-bond acceptors (Lipinski definition) is 4. The molecule has 0 radical (unpaired) electrons. The van der Waals surface area contributed by atoms with Gasteiger partial charge in [0.15, 0.2) is 6.61 Å². The van der Waals surface area contributed by atoms with Crippen LogP contribution in [-0.4, -0.2) is 42.9 Å². The van der Waals surface area contributed by atoms with Crippen LogP contribution in [0.5, 0.6) is 5.75 Å². The Morgan fingerprint density at radius 3 is 2.36 bits per heavy atom. The minimum atomic E-state index is -0.0758. The fourth-order valence-corrected chi connectivity index (χ4v) is 3.13. The van der Waals surface area contributed by atoms with Crippen LogP contribution in [0.1, 0.15) is 24.0 Å². The fraction of sp³-hybridized carbons (Fsp3) is 0.364. The Balaban J connectivity index is 1.36. The number of carbonyl (C=O) groups is 1. The summed E-state index contributed by atoms with van der Waals surface area (Å²) in [6, 6.07) is 15.5. The van der Waals surface area contributed by atoms with Crippen molar-refractivity contribution in [3.63, 3.8) is 0 Å². The summed E-state index contributed by atoms with van der Waals surface area (Å²) >= 11 is 0. The Labute approximate surface area is 166 Å². The Bertz CT molecular complexity index is 791. The van der Waals surface area contributed by atoms with Crippen LogP contribution in [0.3, 0.4) is 0 Å². The molecule has 0 spiro atoms. The third kappa shape index (κ3) is 5.49. The van der Waals surface area contributed by atoms with Crippen LogP contribution in [0.25, 0.3) is 0 Å². The van der Waals surface area contributed by atoms with Gasteiger partial charge in [0, 0.05) is 31.6 Å². The highest BCUT2D eigenvalue weighted by molar-refractivity contribution is 5.92. The molecule has 2 amide bonds. The number of rotatable bonds is 6. The van der Waals surface area contributed by atoms with Gasteiger partial charge in [-0.2, -0.15) is 0 Å². The van der Waals surface area contributed by atoms with Crippen molar-refractivity contribution in [3.05, 3.63) is 59.7 Å². The topological polar surface area (TPSA) is 63.2 Å². The zero-order valence-electron chi connectivity index (χ0n) is 16.5. The summed E-state index contributed by atoms with van der Waals surface area (Å²) < 4.78 is 5.81. The maximum Gasteiger partial charge on any atom is 0.321 e. The Morgan fingerprint density at radius 2 is 1.68 bits per heavy atom. The second-order valence-electron chi connectivity index (χ2n) is 6.84. The largest absolute Gasteiger partial charge is 0.489 e. The van der Waals surface area contributed by atoms with Crippen LogP contribution in [0.4, 0.5) is 10.5 Å². The number of oxime groups is 1. The molecule has 6 nitrogen and oxygen atoms in total. The van der Waals surface area contributed by atoms with Crippen molar-refractivity contribution in [3.8, 4) is 5.75 Å². The number of benzene rings is 2. The number of nitrogens with zero attached hydrogens (tertiary/aromatic N) is 2. The van der Waals surface area contributed by atoms with Gasteiger partial charge in [0.1, 0.15) is 12.4 Å². The fourth-order valence-electron chi connectivity index (χ4n) is 3.13. The molecule has 1 aliphatic heterocycles. The molecule has 148 valence electrons. The average Bonchev–Trinajstić information content (AvgIpc) is 2.71. The lowest BCUT2D eigenvalue weighted by Crippen LogP contribution is -2.41. The van der Waals surface area contributed by atoms with E-state index < -0.39 is 0 Å². The summed E-state index contributed by atoms with van der Waals surface area (Å²) in [5.74, 6) is 0.913. The van der Waals surface area contributed by atoms with Crippen LogP contribution in [0.15, 0.2) is 53.7 Å². The molecule has 0 saturated carbocycles. The number of likely N-dealkylation sites (tertiary alicyclic amines) is 1. The van der Waals surface area contributed by atoms with Gasteiger partial charge in [-0.1, -0.05) is 41.6 Å². The van der Waals surface area contributed by atoms with Crippen LogP contribution >= 0.6 is 0 Å². The van der Waals surface area contributed by atoms with Crippen LogP contribution < -0.4 is 10.1 Å². The third-order valence-corrected chi connectivity index (χ3v) is 4.68. The zero-order chi connectivity index (χ0) is 19.8. The van der Waals surface area contributed by atoms with Crippen molar-refractivity contribution < 1.29 is 14.4 Å². The molecule has 0 atom stereocenters. The number of nitrogens with one attached hydrogen (secondary N) is 1. The van der Waals surface area contributed by atoms with E-state index in [9.17, 15) is 4.79 Å². The molecule has 2 aromatic carbocycles. The lowest BCUT2D eigenvalue weighted by molar-refractivity contribution is 0.105. The zero-order valence-corrected chi connectivity index (χ0v) is 16.5. The van der Waals surface area contributed by atoms with E-state index in [0.717, 1.165) is 41.1 Å². The highest BCUT2D eigenvalue weighted by Gasteiger charge is 2.20. The van der Waals surface area contributed by atoms with Gasteiger partial charge in [-0.15, -0.1) is 0 Å². The van der Waals surface area contributed by atoms with E-state index in [1.54, 1.807) is 4.90 Å². The predicted octanol–water partition coefficient (Wildman–Crippen LogP) is 4.38. The second-order valence-corrected chi connectivity index (χ2v) is 6.84. The number of piperidine rings is 1. The number of aryl methyl sites for hydroxylation is 2. The molecule has 1 N–H and O–H groups in total. The van der Waals surface area contributed by atoms with E-state index in [4.69, 9.17) is 9.57 Å². The van der Waals surface area contributed by atoms with E-state index in [-0.39, 0.29) is 6.03 Å². The first-order valence-electron chi connectivity index (χ1n) is 9.61. The lowest BCUT2D eigenvalue weighted by Gasteiger charge is -2.27. The Hall–Kier alpha value is -3.02. The van der Waals surface area contributed by atoms with Gasteiger partial charge in [-0.25, -0.2) is 4.79 Å². The number of urea groups is 1. The summed E-state index contributed by atoms with van der Waals surface area (Å²) in [6.07, 6.45) is 1.44. The molecule has 1 saturated heterocycles. The summed E-state index contributed by atoms with van der Waals surface area (Å²) in [7, 11) is 0. The van der Waals surface area contributed by atoms with Gasteiger partial charge in [-0.05, 0) is 37.1 Å². The van der Waals surface area contributed by atoms with Gasteiger partial charge in [0.05, 0.1) is 5.71 Å². The molecule has 0 aliphatic carbocycles. The summed E-state index contributed by atoms with van der Waals surface area (Å²) in [4.78, 5) is 19.5. The standard InChI is InChI=1S/C22H27N3O3/c1-17-7-6-8-18(2)21(17)27-15-16-28-24-20-11-13-25(14-12-20)22(26)23-19-9-4-3-5-10-19/h3-10H,11-16H2,1-2H3,(H,23,26). The molecule has 0 unspecified atom stereocenters. The first-order valence-corrected chi connectivity index (χ1v) is 9.61. The minimum Gasteiger partial charge on any atom is -0.489 e. The summed E-state index contributed by atoms with van der Waals surface area (Å²) in [5.41, 5.74) is 4.02. The molecule has 0 bridgehead atoms. The monoisotopic (exact) mass is 381 g/mol. The van der Waals surface area contributed by atoms with Crippen LogP contribution in [0.2, 0.25) is 0 Å². The molecule has 2 aromatic rings. The molecule has 0 aromatic heterocycles. The normalized spacial score (nSPS) is 13.8. The first-order chi connectivity index (χ1) is 13.6. The molecule has 6 heteroatoms. The highest BCUT2D eigenvalue weighted by atomic mass is 16.6. The number of ether oxygens (including phenoxy) is 1. The third-order valence-electron chi connectivity index (χ3n) is 4.68. The first kappa shape index (κ1) is 19.7. The smallest absolute Gasteiger partial charge is 0.321 e. The van der Waals surface area contributed by atoms with Crippen LogP contribution in [-0.2, 0) is 4.84 Å². The molecule has 1 aliphatic rings. The lowest BCUT2D eigenvalue weighted by atomic mass is 10.1. The van der Waals surface area contributed by atoms with Crippen molar-refractivity contribution >= 4 is 17.4 Å². The van der Waals surface area contributed by atoms with Crippen molar-refractivity contribution in [1.82, 2.24) is 4.90 Å². The number of hydrogen-bond donors (Lipinski definition) is 1. The highest BCUT2D eigenvalue weighted by Crippen LogP contribution is 2.22. The van der Waals surface area contributed by atoms with Crippen molar-refractivity contribution in [2.45, 2.75) is 26.7 Å². The maximum absolute atomic E-state index is 12.3. The van der Waals surface area contributed by atoms with E-state index >= 15 is 0 Å². The van der Waals surface area contributed by atoms with Gasteiger partial charge < -0.3 is 19.8 Å². The average molecular weight is 381 g/mol. The van der Waals surface area contributed by atoms with Crippen LogP contribution in [0, 0.1) is 13.8 Å². The number of carbonyl (C=O) groups excluding carboxylic acids is 1. The predicted molar refractivity (Wildman–Crippen MR) is 111 cm³/mol. The second kappa shape index (κ2) is 9.78. The van der Waals surface area contributed by atoms with Crippen molar-refractivity contribution in [2.24, 2.45) is 5.16 Å².